The molecule has 3 heterocycles. The molecule has 1 fully saturated rings. The number of aromatic nitrogens is 3. The van der Waals surface area contributed by atoms with E-state index in [9.17, 15) is 28.8 Å². The molecule has 32 heavy (non-hydrogen) atoms. The molecular weight excluding hydrogens is 501 g/mol. The zero-order chi connectivity index (χ0) is 24.1. The highest BCUT2D eigenvalue weighted by Crippen LogP contribution is 2.66. The molecule has 1 saturated heterocycles. The Hall–Kier alpha value is -1.29. The van der Waals surface area contributed by atoms with Crippen LogP contribution in [0.4, 0.5) is 5.82 Å². The second kappa shape index (κ2) is 8.49. The van der Waals surface area contributed by atoms with Gasteiger partial charge < -0.3 is 44.8 Å². The first-order valence-electron chi connectivity index (χ1n) is 8.44. The summed E-state index contributed by atoms with van der Waals surface area (Å²) in [5, 5.41) is 21.6. The summed E-state index contributed by atoms with van der Waals surface area (Å²) in [5.41, 5.74) is 4.04. The van der Waals surface area contributed by atoms with Crippen LogP contribution in [0.15, 0.2) is 18.6 Å². The summed E-state index contributed by atoms with van der Waals surface area (Å²) in [6.07, 6.45) is -1.82. The Morgan fingerprint density at radius 3 is 2.47 bits per heavy atom. The van der Waals surface area contributed by atoms with Crippen molar-refractivity contribution in [2.75, 3.05) is 12.3 Å². The van der Waals surface area contributed by atoms with Crippen LogP contribution in [0, 0.1) is 0 Å². The number of aliphatic hydroxyl groups excluding tert-OH is 1. The van der Waals surface area contributed by atoms with Gasteiger partial charge >= 0.3 is 23.5 Å². The number of fused-ring (bicyclic) bond motifs is 1. The van der Waals surface area contributed by atoms with Gasteiger partial charge in [0.05, 0.1) is 12.0 Å². The third kappa shape index (κ3) is 5.43. The Morgan fingerprint density at radius 2 is 1.84 bits per heavy atom. The number of phosphoric acid groups is 3. The summed E-state index contributed by atoms with van der Waals surface area (Å²) in [4.78, 5) is 43.6. The Bertz CT molecular complexity index is 1150. The maximum absolute atomic E-state index is 11.9. The van der Waals surface area contributed by atoms with Crippen molar-refractivity contribution in [1.82, 2.24) is 14.5 Å². The van der Waals surface area contributed by atoms with Crippen molar-refractivity contribution in [2.24, 2.45) is 0 Å². The molecule has 17 nitrogen and oxygen atoms in total. The molecule has 180 valence electrons. The number of aliphatic hydroxyl groups is 2. The lowest BCUT2D eigenvalue weighted by atomic mass is 9.96. The van der Waals surface area contributed by atoms with Crippen LogP contribution in [0.25, 0.3) is 11.0 Å². The van der Waals surface area contributed by atoms with Crippen molar-refractivity contribution in [3.05, 3.63) is 18.6 Å². The van der Waals surface area contributed by atoms with Gasteiger partial charge in [-0.3, -0.25) is 4.52 Å². The molecule has 4 unspecified atom stereocenters. The van der Waals surface area contributed by atoms with Gasteiger partial charge in [0.25, 0.3) is 0 Å². The highest BCUT2D eigenvalue weighted by molar-refractivity contribution is 7.66. The molecule has 2 aromatic heterocycles. The fourth-order valence-electron chi connectivity index (χ4n) is 3.03. The number of rotatable bonds is 8. The molecule has 0 aliphatic carbocycles. The number of hydrogen-bond donors (Lipinski definition) is 7. The minimum absolute atomic E-state index is 0.149. The van der Waals surface area contributed by atoms with Crippen LogP contribution in [0.3, 0.4) is 0 Å². The predicted octanol–water partition coefficient (Wildman–Crippen LogP) is -0.634. The lowest BCUT2D eigenvalue weighted by Crippen LogP contribution is -2.44. The van der Waals surface area contributed by atoms with Gasteiger partial charge in [0.15, 0.2) is 6.23 Å². The van der Waals surface area contributed by atoms with Crippen LogP contribution in [0.1, 0.15) is 13.2 Å². The molecule has 0 bridgehead atoms. The summed E-state index contributed by atoms with van der Waals surface area (Å²) in [6.45, 7) is 0.261. The minimum atomic E-state index is -5.71. The molecule has 8 N–H and O–H groups in total. The molecule has 0 radical (unpaired) electrons. The van der Waals surface area contributed by atoms with E-state index in [0.29, 0.717) is 5.39 Å². The van der Waals surface area contributed by atoms with Crippen molar-refractivity contribution < 1.29 is 61.4 Å². The summed E-state index contributed by atoms with van der Waals surface area (Å²) in [7, 11) is -16.7. The van der Waals surface area contributed by atoms with E-state index < -0.39 is 54.1 Å². The maximum atomic E-state index is 11.9. The Balaban J connectivity index is 1.74. The van der Waals surface area contributed by atoms with Gasteiger partial charge in [-0.1, -0.05) is 0 Å². The Morgan fingerprint density at radius 1 is 1.19 bits per heavy atom. The number of ether oxygens (including phenoxy) is 1. The van der Waals surface area contributed by atoms with E-state index in [4.69, 9.17) is 25.2 Å². The number of nitrogen functional groups attached to an aromatic ring is 1. The lowest BCUT2D eigenvalue weighted by Gasteiger charge is -2.27. The van der Waals surface area contributed by atoms with Gasteiger partial charge in [0, 0.05) is 6.20 Å². The number of nitrogens with two attached hydrogens (primary N) is 1. The second-order valence-electron chi connectivity index (χ2n) is 6.80. The van der Waals surface area contributed by atoms with Gasteiger partial charge in [0.2, 0.25) is 0 Å². The first-order valence-corrected chi connectivity index (χ1v) is 13.0. The molecule has 6 atom stereocenters. The van der Waals surface area contributed by atoms with E-state index in [1.54, 1.807) is 0 Å². The molecule has 1 aliphatic rings. The quantitative estimate of drug-likeness (QED) is 0.213. The minimum Gasteiger partial charge on any atom is -0.387 e. The Labute approximate surface area is 178 Å². The van der Waals surface area contributed by atoms with Crippen molar-refractivity contribution in [3.63, 3.8) is 0 Å². The van der Waals surface area contributed by atoms with Gasteiger partial charge in [0.1, 0.15) is 35.6 Å². The van der Waals surface area contributed by atoms with E-state index in [1.807, 2.05) is 0 Å². The largest absolute Gasteiger partial charge is 0.490 e. The van der Waals surface area contributed by atoms with Crippen molar-refractivity contribution in [3.8, 4) is 0 Å². The second-order valence-corrected chi connectivity index (χ2v) is 11.2. The SMILES string of the molecule is CC1(O)[C@@H](O)C(COP(=O)(O)OP(=O)(O)OP(=O)(O)O)O[C@H]1n1ccc2c(N)ncnc21. The zero-order valence-electron chi connectivity index (χ0n) is 16.0. The number of phosphoric ester groups is 1. The topological polar surface area (TPSA) is 266 Å². The standard InChI is InChI=1S/C12H19N4O13P3/c1-12(18)8(17)7(4-26-31(22,23)29-32(24,25)28-30(19,20)21)27-11(12)16-3-2-6-9(13)14-5-15-10(6)16/h2-3,5,7-8,11,17-18H,4H2,1H3,(H,22,23)(H,24,25)(H2,13,14,15)(H2,19,20,21)/t7?,8-,11+,12?/m0/s1. The average Bonchev–Trinajstić information content (AvgIpc) is 3.11. The zero-order valence-corrected chi connectivity index (χ0v) is 18.7. The monoisotopic (exact) mass is 520 g/mol. The number of hydrogen-bond acceptors (Lipinski definition) is 12. The third-order valence-electron chi connectivity index (χ3n) is 4.37. The van der Waals surface area contributed by atoms with Crippen LogP contribution in [-0.4, -0.2) is 68.7 Å². The van der Waals surface area contributed by atoms with E-state index in [2.05, 4.69) is 23.1 Å². The molecule has 0 spiro atoms. The number of anilines is 1. The van der Waals surface area contributed by atoms with Crippen LogP contribution in [-0.2, 0) is 31.6 Å². The van der Waals surface area contributed by atoms with Crippen molar-refractivity contribution >= 4 is 40.3 Å². The molecule has 2 aromatic rings. The van der Waals surface area contributed by atoms with Gasteiger partial charge in [-0.25, -0.2) is 23.7 Å². The molecule has 0 saturated carbocycles. The predicted molar refractivity (Wildman–Crippen MR) is 102 cm³/mol. The number of nitrogens with zero attached hydrogens (tertiary/aromatic N) is 3. The van der Waals surface area contributed by atoms with E-state index in [-0.39, 0.29) is 11.5 Å². The molecule has 3 rings (SSSR count). The molecule has 1 aliphatic heterocycles. The normalized spacial score (nSPS) is 30.3. The fourth-order valence-corrected chi connectivity index (χ4v) is 6.06. The van der Waals surface area contributed by atoms with Gasteiger partial charge in [-0.05, 0) is 13.0 Å². The van der Waals surface area contributed by atoms with Gasteiger partial charge in [-0.15, -0.1) is 0 Å². The summed E-state index contributed by atoms with van der Waals surface area (Å²) in [6, 6.07) is 1.54. The highest BCUT2D eigenvalue weighted by Gasteiger charge is 2.54. The summed E-state index contributed by atoms with van der Waals surface area (Å²) >= 11 is 0. The van der Waals surface area contributed by atoms with Crippen LogP contribution in [0.2, 0.25) is 0 Å². The first-order chi connectivity index (χ1) is 14.5. The maximum Gasteiger partial charge on any atom is 0.490 e. The van der Waals surface area contributed by atoms with Crippen molar-refractivity contribution in [1.29, 1.82) is 0 Å². The Kier molecular flexibility index (Phi) is 6.72. The first kappa shape index (κ1) is 25.3. The molecule has 0 amide bonds. The van der Waals surface area contributed by atoms with E-state index in [1.165, 1.54) is 30.1 Å². The lowest BCUT2D eigenvalue weighted by molar-refractivity contribution is -0.0947. The molecule has 0 aromatic carbocycles. The van der Waals surface area contributed by atoms with Crippen LogP contribution in [0.5, 0.6) is 0 Å². The summed E-state index contributed by atoms with van der Waals surface area (Å²) < 4.78 is 52.5. The fraction of sp³-hybridized carbons (Fsp3) is 0.500. The van der Waals surface area contributed by atoms with Crippen LogP contribution >= 0.6 is 23.5 Å². The van der Waals surface area contributed by atoms with Crippen LogP contribution < -0.4 is 5.73 Å². The molecular formula is C12H19N4O13P3. The summed E-state index contributed by atoms with van der Waals surface area (Å²) in [5.74, 6) is 0.149. The van der Waals surface area contributed by atoms with Crippen molar-refractivity contribution in [2.45, 2.75) is 31.0 Å². The third-order valence-corrected chi connectivity index (χ3v) is 8.17. The van der Waals surface area contributed by atoms with Gasteiger partial charge in [-0.2, -0.15) is 8.62 Å². The van der Waals surface area contributed by atoms with E-state index >= 15 is 0 Å². The van der Waals surface area contributed by atoms with E-state index in [0.717, 1.165) is 0 Å². The average molecular weight is 520 g/mol. The highest BCUT2D eigenvalue weighted by atomic mass is 31.3. The molecule has 20 heteroatoms. The smallest absolute Gasteiger partial charge is 0.387 e.